The van der Waals surface area contributed by atoms with E-state index in [1.165, 1.54) is 32.1 Å². The number of halogens is 2. The molecule has 2 atom stereocenters. The first-order valence-corrected chi connectivity index (χ1v) is 8.20. The second kappa shape index (κ2) is 7.65. The number of aliphatic hydroxyl groups is 1. The summed E-state index contributed by atoms with van der Waals surface area (Å²) in [4.78, 5) is 0. The molecular weight excluding hydrogens is 293 g/mol. The topological polar surface area (TPSA) is 46.2 Å². The third-order valence-corrected chi connectivity index (χ3v) is 5.13. The molecule has 0 heterocycles. The third kappa shape index (κ3) is 4.11. The van der Waals surface area contributed by atoms with Crippen LogP contribution in [0.15, 0.2) is 18.2 Å². The molecule has 0 aliphatic heterocycles. The molecule has 1 aliphatic rings. The van der Waals surface area contributed by atoms with Crippen LogP contribution in [-0.4, -0.2) is 17.8 Å². The Balaban J connectivity index is 2.03. The molecule has 1 saturated carbocycles. The molecule has 0 radical (unpaired) electrons. The Morgan fingerprint density at radius 3 is 2.45 bits per heavy atom. The molecule has 112 valence electrons. The molecule has 0 bridgehead atoms. The van der Waals surface area contributed by atoms with E-state index in [4.69, 9.17) is 28.9 Å². The van der Waals surface area contributed by atoms with E-state index in [-0.39, 0.29) is 5.92 Å². The molecule has 0 spiro atoms. The maximum atomic E-state index is 10.5. The van der Waals surface area contributed by atoms with Crippen LogP contribution in [0.25, 0.3) is 0 Å². The predicted molar refractivity (Wildman–Crippen MR) is 85.5 cm³/mol. The lowest BCUT2D eigenvalue weighted by atomic mass is 9.81. The summed E-state index contributed by atoms with van der Waals surface area (Å²) in [6.07, 6.45) is 6.81. The molecule has 20 heavy (non-hydrogen) atoms. The molecule has 2 rings (SSSR count). The summed E-state index contributed by atoms with van der Waals surface area (Å²) in [7, 11) is 0. The molecule has 2 nitrogen and oxygen atoms in total. The van der Waals surface area contributed by atoms with E-state index in [0.717, 1.165) is 12.0 Å². The van der Waals surface area contributed by atoms with Gasteiger partial charge in [-0.3, -0.25) is 0 Å². The van der Waals surface area contributed by atoms with Crippen molar-refractivity contribution in [2.24, 2.45) is 11.7 Å². The van der Waals surface area contributed by atoms with Crippen LogP contribution in [0, 0.1) is 5.92 Å². The minimum atomic E-state index is -0.402. The van der Waals surface area contributed by atoms with Gasteiger partial charge in [0.25, 0.3) is 0 Å². The Kier molecular flexibility index (Phi) is 6.16. The highest BCUT2D eigenvalue weighted by molar-refractivity contribution is 6.42. The second-order valence-electron chi connectivity index (χ2n) is 5.82. The first-order valence-electron chi connectivity index (χ1n) is 7.45. The fourth-order valence-electron chi connectivity index (χ4n) is 3.19. The predicted octanol–water partition coefficient (Wildman–Crippen LogP) is 4.37. The lowest BCUT2D eigenvalue weighted by Crippen LogP contribution is -2.28. The van der Waals surface area contributed by atoms with Crippen molar-refractivity contribution >= 4 is 23.2 Å². The monoisotopic (exact) mass is 315 g/mol. The van der Waals surface area contributed by atoms with E-state index >= 15 is 0 Å². The smallest absolute Gasteiger partial charge is 0.0623 e. The molecule has 1 aliphatic carbocycles. The lowest BCUT2D eigenvalue weighted by molar-refractivity contribution is 0.106. The van der Waals surface area contributed by atoms with Gasteiger partial charge in [0.2, 0.25) is 0 Å². The van der Waals surface area contributed by atoms with Crippen molar-refractivity contribution in [1.82, 2.24) is 0 Å². The zero-order valence-electron chi connectivity index (χ0n) is 11.7. The Morgan fingerprint density at radius 1 is 1.15 bits per heavy atom. The van der Waals surface area contributed by atoms with Crippen molar-refractivity contribution in [2.75, 3.05) is 6.54 Å². The number of rotatable bonds is 5. The normalized spacial score (nSPS) is 19.8. The number of hydrogen-bond acceptors (Lipinski definition) is 2. The zero-order valence-corrected chi connectivity index (χ0v) is 13.2. The number of hydrogen-bond donors (Lipinski definition) is 2. The van der Waals surface area contributed by atoms with Gasteiger partial charge in [-0.25, -0.2) is 0 Å². The summed E-state index contributed by atoms with van der Waals surface area (Å²) >= 11 is 12.0. The van der Waals surface area contributed by atoms with Crippen LogP contribution >= 0.6 is 23.2 Å². The van der Waals surface area contributed by atoms with E-state index in [0.29, 0.717) is 22.5 Å². The van der Waals surface area contributed by atoms with Gasteiger partial charge in [0.05, 0.1) is 16.1 Å². The van der Waals surface area contributed by atoms with E-state index in [2.05, 4.69) is 0 Å². The molecule has 0 saturated heterocycles. The van der Waals surface area contributed by atoms with Crippen LogP contribution in [0.3, 0.4) is 0 Å². The molecular formula is C16H23Cl2NO. The second-order valence-corrected chi connectivity index (χ2v) is 6.64. The van der Waals surface area contributed by atoms with Gasteiger partial charge in [-0.2, -0.15) is 0 Å². The minimum Gasteiger partial charge on any atom is -0.392 e. The van der Waals surface area contributed by atoms with Gasteiger partial charge >= 0.3 is 0 Å². The summed E-state index contributed by atoms with van der Waals surface area (Å²) < 4.78 is 0. The van der Waals surface area contributed by atoms with E-state index in [1.807, 2.05) is 12.1 Å². The van der Waals surface area contributed by atoms with Crippen molar-refractivity contribution in [3.05, 3.63) is 33.8 Å². The molecule has 2 unspecified atom stereocenters. The first-order chi connectivity index (χ1) is 9.61. The maximum absolute atomic E-state index is 10.5. The summed E-state index contributed by atoms with van der Waals surface area (Å²) in [6.45, 7) is 0.422. The van der Waals surface area contributed by atoms with Gasteiger partial charge in [0.15, 0.2) is 0 Å². The molecule has 1 aromatic rings. The van der Waals surface area contributed by atoms with Crippen LogP contribution in [0.5, 0.6) is 0 Å². The van der Waals surface area contributed by atoms with Crippen molar-refractivity contribution in [3.63, 3.8) is 0 Å². The number of aliphatic hydroxyl groups excluding tert-OH is 1. The molecule has 0 aromatic heterocycles. The van der Waals surface area contributed by atoms with Crippen molar-refractivity contribution in [3.8, 4) is 0 Å². The Morgan fingerprint density at radius 2 is 1.85 bits per heavy atom. The van der Waals surface area contributed by atoms with E-state index < -0.39 is 6.10 Å². The highest BCUT2D eigenvalue weighted by Crippen LogP contribution is 2.33. The minimum absolute atomic E-state index is 0.0632. The van der Waals surface area contributed by atoms with Crippen LogP contribution in [0.4, 0.5) is 0 Å². The molecule has 0 amide bonds. The van der Waals surface area contributed by atoms with Crippen molar-refractivity contribution in [1.29, 1.82) is 0 Å². The van der Waals surface area contributed by atoms with Gasteiger partial charge in [-0.05, 0) is 30.0 Å². The van der Waals surface area contributed by atoms with Gasteiger partial charge in [0.1, 0.15) is 0 Å². The van der Waals surface area contributed by atoms with Crippen molar-refractivity contribution < 1.29 is 5.11 Å². The van der Waals surface area contributed by atoms with E-state index in [1.54, 1.807) is 6.07 Å². The zero-order chi connectivity index (χ0) is 14.5. The molecule has 3 N–H and O–H groups in total. The highest BCUT2D eigenvalue weighted by Gasteiger charge is 2.25. The van der Waals surface area contributed by atoms with Crippen molar-refractivity contribution in [2.45, 2.75) is 50.5 Å². The summed E-state index contributed by atoms with van der Waals surface area (Å²) in [5.41, 5.74) is 6.84. The largest absolute Gasteiger partial charge is 0.392 e. The lowest BCUT2D eigenvalue weighted by Gasteiger charge is -2.28. The fourth-order valence-corrected chi connectivity index (χ4v) is 3.49. The summed E-state index contributed by atoms with van der Waals surface area (Å²) in [5, 5.41) is 11.6. The van der Waals surface area contributed by atoms with Gasteiger partial charge in [-0.1, -0.05) is 61.4 Å². The van der Waals surface area contributed by atoms with Crippen LogP contribution < -0.4 is 5.73 Å². The Hall–Kier alpha value is -0.280. The van der Waals surface area contributed by atoms with E-state index in [9.17, 15) is 5.11 Å². The molecule has 1 fully saturated rings. The van der Waals surface area contributed by atoms with Crippen LogP contribution in [0.2, 0.25) is 10.0 Å². The highest BCUT2D eigenvalue weighted by atomic mass is 35.5. The van der Waals surface area contributed by atoms with Gasteiger partial charge in [0, 0.05) is 12.5 Å². The Labute approximate surface area is 131 Å². The SMILES string of the molecule is NCC(c1ccc(Cl)c(Cl)c1)C(O)CC1CCCCC1. The average Bonchev–Trinajstić information content (AvgIpc) is 2.44. The Bertz CT molecular complexity index is 432. The average molecular weight is 316 g/mol. The third-order valence-electron chi connectivity index (χ3n) is 4.39. The summed E-state index contributed by atoms with van der Waals surface area (Å²) in [6, 6.07) is 5.51. The maximum Gasteiger partial charge on any atom is 0.0623 e. The standard InChI is InChI=1S/C16H23Cl2NO/c17-14-7-6-12(9-15(14)18)13(10-19)16(20)8-11-4-2-1-3-5-11/h6-7,9,11,13,16,20H,1-5,8,10,19H2. The quantitative estimate of drug-likeness (QED) is 0.847. The fraction of sp³-hybridized carbons (Fsp3) is 0.625. The molecule has 1 aromatic carbocycles. The van der Waals surface area contributed by atoms with Gasteiger partial charge in [-0.15, -0.1) is 0 Å². The number of benzene rings is 1. The first kappa shape index (κ1) is 16.1. The summed E-state index contributed by atoms with van der Waals surface area (Å²) in [5.74, 6) is 0.572. The number of nitrogens with two attached hydrogens (primary N) is 1. The van der Waals surface area contributed by atoms with Crippen LogP contribution in [0.1, 0.15) is 50.0 Å². The van der Waals surface area contributed by atoms with Gasteiger partial charge < -0.3 is 10.8 Å². The van der Waals surface area contributed by atoms with Crippen LogP contribution in [-0.2, 0) is 0 Å². The molecule has 4 heteroatoms.